The maximum atomic E-state index is 12.6. The van der Waals surface area contributed by atoms with Crippen molar-refractivity contribution in [3.05, 3.63) is 0 Å². The lowest BCUT2D eigenvalue weighted by atomic mass is 10.2. The summed E-state index contributed by atoms with van der Waals surface area (Å²) in [5.74, 6) is -1.33. The highest BCUT2D eigenvalue weighted by Gasteiger charge is 2.82. The van der Waals surface area contributed by atoms with Crippen molar-refractivity contribution in [2.24, 2.45) is 23.7 Å². The predicted molar refractivity (Wildman–Crippen MR) is 82.9 cm³/mol. The Morgan fingerprint density at radius 2 is 1.29 bits per heavy atom. The molecule has 1 heterocycles. The maximum absolute atomic E-state index is 12.6. The fourth-order valence-corrected chi connectivity index (χ4v) is 4.11. The van der Waals surface area contributed by atoms with Gasteiger partial charge in [0.25, 0.3) is 0 Å². The zero-order chi connectivity index (χ0) is 17.8. The van der Waals surface area contributed by atoms with Gasteiger partial charge in [0, 0.05) is 11.8 Å². The first-order valence-electron chi connectivity index (χ1n) is 8.57. The van der Waals surface area contributed by atoms with E-state index in [1.54, 1.807) is 39.5 Å². The molecule has 2 aliphatic carbocycles. The predicted octanol–water partition coefficient (Wildman–Crippen LogP) is 1.59. The molecule has 6 atom stereocenters. The third-order valence-corrected chi connectivity index (χ3v) is 4.88. The van der Waals surface area contributed by atoms with E-state index < -0.39 is 11.7 Å². The topological polar surface area (TPSA) is 82.1 Å². The summed E-state index contributed by atoms with van der Waals surface area (Å²) in [4.78, 5) is 38.4. The van der Waals surface area contributed by atoms with Gasteiger partial charge in [0.05, 0.1) is 37.1 Å². The van der Waals surface area contributed by atoms with Gasteiger partial charge >= 0.3 is 18.0 Å². The van der Waals surface area contributed by atoms with Crippen LogP contribution >= 0.6 is 0 Å². The number of ether oxygens (including phenoxy) is 3. The van der Waals surface area contributed by atoms with E-state index in [9.17, 15) is 14.4 Å². The van der Waals surface area contributed by atoms with Crippen molar-refractivity contribution in [3.63, 3.8) is 0 Å². The lowest BCUT2D eigenvalue weighted by Crippen LogP contribution is -2.41. The Bertz CT molecular complexity index is 532. The van der Waals surface area contributed by atoms with E-state index in [4.69, 9.17) is 14.2 Å². The number of nitrogens with zero attached hydrogens (tertiary/aromatic N) is 1. The largest absolute Gasteiger partial charge is 0.466 e. The molecule has 3 aliphatic rings. The van der Waals surface area contributed by atoms with E-state index in [0.29, 0.717) is 13.2 Å². The second kappa shape index (κ2) is 5.63. The minimum absolute atomic E-state index is 0.0176. The number of likely N-dealkylation sites (tertiary alicyclic amines) is 1. The number of amides is 1. The molecule has 2 saturated carbocycles. The maximum Gasteiger partial charge on any atom is 0.410 e. The molecule has 0 aromatic carbocycles. The van der Waals surface area contributed by atoms with Gasteiger partial charge in [0.2, 0.25) is 0 Å². The third kappa shape index (κ3) is 2.63. The molecule has 1 saturated heterocycles. The minimum atomic E-state index is -0.632. The molecule has 0 aromatic heterocycles. The quantitative estimate of drug-likeness (QED) is 0.571. The molecule has 0 N–H and O–H groups in total. The van der Waals surface area contributed by atoms with Crippen LogP contribution in [0.1, 0.15) is 34.6 Å². The highest BCUT2D eigenvalue weighted by Crippen LogP contribution is 2.69. The summed E-state index contributed by atoms with van der Waals surface area (Å²) < 4.78 is 15.7. The molecule has 0 spiro atoms. The molecule has 1 unspecified atom stereocenters. The second-order valence-corrected chi connectivity index (χ2v) is 7.58. The Morgan fingerprint density at radius 3 is 1.62 bits per heavy atom. The molecule has 0 aromatic rings. The zero-order valence-electron chi connectivity index (χ0n) is 14.8. The summed E-state index contributed by atoms with van der Waals surface area (Å²) in [6, 6.07) is -0.417. The van der Waals surface area contributed by atoms with Gasteiger partial charge in [-0.15, -0.1) is 0 Å². The van der Waals surface area contributed by atoms with Crippen LogP contribution in [0.5, 0.6) is 0 Å². The molecular weight excluding hydrogens is 314 g/mol. The molecule has 3 rings (SSSR count). The van der Waals surface area contributed by atoms with Crippen molar-refractivity contribution in [1.29, 1.82) is 0 Å². The van der Waals surface area contributed by atoms with Gasteiger partial charge in [0.15, 0.2) is 0 Å². The molecule has 24 heavy (non-hydrogen) atoms. The summed E-state index contributed by atoms with van der Waals surface area (Å²) >= 11 is 0. The van der Waals surface area contributed by atoms with Crippen molar-refractivity contribution >= 4 is 18.0 Å². The number of piperidine rings is 2. The lowest BCUT2D eigenvalue weighted by molar-refractivity contribution is -0.146. The van der Waals surface area contributed by atoms with Crippen molar-refractivity contribution in [1.82, 2.24) is 4.90 Å². The Kier molecular flexibility index (Phi) is 4.00. The number of esters is 2. The fraction of sp³-hybridized carbons (Fsp3) is 0.824. The molecule has 1 amide bonds. The van der Waals surface area contributed by atoms with Crippen LogP contribution < -0.4 is 0 Å². The molecule has 1 aliphatic heterocycles. The highest BCUT2D eigenvalue weighted by molar-refractivity contribution is 5.86. The fourth-order valence-electron chi connectivity index (χ4n) is 4.11. The summed E-state index contributed by atoms with van der Waals surface area (Å²) in [5, 5.41) is 0. The van der Waals surface area contributed by atoms with Crippen LogP contribution in [-0.4, -0.2) is 53.8 Å². The first-order valence-corrected chi connectivity index (χ1v) is 8.57. The number of carbonyl (C=O) groups excluding carboxylic acids is 3. The van der Waals surface area contributed by atoms with Crippen LogP contribution in [0.4, 0.5) is 4.79 Å². The molecule has 7 heteroatoms. The van der Waals surface area contributed by atoms with Crippen LogP contribution in [0.3, 0.4) is 0 Å². The lowest BCUT2D eigenvalue weighted by Gasteiger charge is -2.27. The van der Waals surface area contributed by atoms with E-state index in [2.05, 4.69) is 0 Å². The Morgan fingerprint density at radius 1 is 0.875 bits per heavy atom. The molecule has 3 fully saturated rings. The molecule has 0 bridgehead atoms. The Hall–Kier alpha value is -1.79. The van der Waals surface area contributed by atoms with Crippen molar-refractivity contribution < 1.29 is 28.6 Å². The van der Waals surface area contributed by atoms with Gasteiger partial charge in [0.1, 0.15) is 5.60 Å². The van der Waals surface area contributed by atoms with Crippen LogP contribution in [0.25, 0.3) is 0 Å². The van der Waals surface area contributed by atoms with Gasteiger partial charge in [-0.3, -0.25) is 14.5 Å². The van der Waals surface area contributed by atoms with Crippen molar-refractivity contribution in [2.45, 2.75) is 52.3 Å². The van der Waals surface area contributed by atoms with Gasteiger partial charge in [-0.2, -0.15) is 0 Å². The molecule has 7 nitrogen and oxygen atoms in total. The van der Waals surface area contributed by atoms with E-state index >= 15 is 0 Å². The third-order valence-electron chi connectivity index (χ3n) is 4.88. The summed E-state index contributed by atoms with van der Waals surface area (Å²) in [7, 11) is 0. The summed E-state index contributed by atoms with van der Waals surface area (Å²) in [5.41, 5.74) is -0.632. The van der Waals surface area contributed by atoms with Gasteiger partial charge in [-0.05, 0) is 34.6 Å². The first-order chi connectivity index (χ1) is 11.2. The molecule has 0 radical (unpaired) electrons. The number of carbonyl (C=O) groups is 3. The minimum Gasteiger partial charge on any atom is -0.466 e. The summed E-state index contributed by atoms with van der Waals surface area (Å²) in [6.07, 6.45) is -0.469. The average molecular weight is 339 g/mol. The van der Waals surface area contributed by atoms with Crippen molar-refractivity contribution in [2.75, 3.05) is 13.2 Å². The van der Waals surface area contributed by atoms with E-state index in [1.165, 1.54) is 0 Å². The number of hydrogen-bond acceptors (Lipinski definition) is 6. The monoisotopic (exact) mass is 339 g/mol. The normalized spacial score (nSPS) is 35.6. The SMILES string of the molecule is CCOC(=O)C1[C@H]2[C@@H]3[C@@H](C(=O)OCC)[C@@H]3N(C(=O)OC(C)(C)C)[C@@H]12. The van der Waals surface area contributed by atoms with Gasteiger partial charge < -0.3 is 14.2 Å². The number of rotatable bonds is 4. The molecular formula is C17H25NO6. The number of fused-ring (bicyclic) bond motifs is 3. The van der Waals surface area contributed by atoms with Crippen LogP contribution in [0.2, 0.25) is 0 Å². The van der Waals surface area contributed by atoms with Crippen LogP contribution in [-0.2, 0) is 23.8 Å². The van der Waals surface area contributed by atoms with Crippen molar-refractivity contribution in [3.8, 4) is 0 Å². The average Bonchev–Trinajstić information content (AvgIpc) is 3.31. The van der Waals surface area contributed by atoms with Crippen LogP contribution in [0.15, 0.2) is 0 Å². The number of hydrogen-bond donors (Lipinski definition) is 0. The molecule has 134 valence electrons. The van der Waals surface area contributed by atoms with E-state index in [1.807, 2.05) is 0 Å². The van der Waals surface area contributed by atoms with Gasteiger partial charge in [-0.25, -0.2) is 4.79 Å². The van der Waals surface area contributed by atoms with Crippen LogP contribution in [0, 0.1) is 23.7 Å². The Balaban J connectivity index is 1.77. The van der Waals surface area contributed by atoms with E-state index in [0.717, 1.165) is 0 Å². The van der Waals surface area contributed by atoms with E-state index in [-0.39, 0.29) is 47.7 Å². The van der Waals surface area contributed by atoms with Gasteiger partial charge in [-0.1, -0.05) is 0 Å². The smallest absolute Gasteiger partial charge is 0.410 e. The highest BCUT2D eigenvalue weighted by atomic mass is 16.6. The zero-order valence-corrected chi connectivity index (χ0v) is 14.8. The Labute approximate surface area is 141 Å². The summed E-state index contributed by atoms with van der Waals surface area (Å²) in [6.45, 7) is 9.49. The standard InChI is InChI=1S/C17H25NO6/c1-6-22-14(19)10-8-9-11(15(20)23-7-2)13(9)18(12(8)10)16(21)24-17(3,4)5/h8-13H,6-7H2,1-5H3/t8-,9-,10-,11?,12-,13-/m1/s1. The second-order valence-electron chi connectivity index (χ2n) is 7.58. The first kappa shape index (κ1) is 17.0.